The summed E-state index contributed by atoms with van der Waals surface area (Å²) < 4.78 is 11.2. The van der Waals surface area contributed by atoms with E-state index in [9.17, 15) is 9.59 Å². The average Bonchev–Trinajstić information content (AvgIpc) is 2.71. The number of amides is 2. The van der Waals surface area contributed by atoms with Crippen molar-refractivity contribution in [2.24, 2.45) is 5.73 Å². The molecule has 1 fully saturated rings. The topological polar surface area (TPSA) is 93.9 Å². The number of hydrogen-bond acceptors (Lipinski definition) is 5. The first kappa shape index (κ1) is 20.7. The second kappa shape index (κ2) is 9.93. The Morgan fingerprint density at radius 3 is 2.28 bits per heavy atom. The van der Waals surface area contributed by atoms with Crippen LogP contribution in [0, 0.1) is 0 Å². The number of anilines is 1. The van der Waals surface area contributed by atoms with Gasteiger partial charge in [-0.3, -0.25) is 14.5 Å². The number of primary amides is 1. The molecule has 3 N–H and O–H groups in total. The molecule has 2 aromatic carbocycles. The summed E-state index contributed by atoms with van der Waals surface area (Å²) >= 11 is 0. The van der Waals surface area contributed by atoms with Gasteiger partial charge in [0.05, 0.1) is 19.2 Å². The van der Waals surface area contributed by atoms with Crippen molar-refractivity contribution in [1.82, 2.24) is 4.90 Å². The maximum Gasteiger partial charge on any atom is 0.238 e. The number of rotatable bonds is 8. The lowest BCUT2D eigenvalue weighted by molar-refractivity contribution is -0.126. The van der Waals surface area contributed by atoms with Crippen molar-refractivity contribution in [3.63, 3.8) is 0 Å². The van der Waals surface area contributed by atoms with Crippen LogP contribution in [-0.4, -0.2) is 42.5 Å². The monoisotopic (exact) mass is 397 g/mol. The van der Waals surface area contributed by atoms with Gasteiger partial charge in [0.1, 0.15) is 17.2 Å². The lowest BCUT2D eigenvalue weighted by Gasteiger charge is -2.32. The number of piperidine rings is 1. The summed E-state index contributed by atoms with van der Waals surface area (Å²) in [5, 5.41) is 2.86. The molecular weight excluding hydrogens is 370 g/mol. The normalized spacial score (nSPS) is 16.8. The Bertz CT molecular complexity index is 821. The fourth-order valence-corrected chi connectivity index (χ4v) is 3.40. The van der Waals surface area contributed by atoms with Gasteiger partial charge >= 0.3 is 0 Å². The van der Waals surface area contributed by atoms with E-state index >= 15 is 0 Å². The van der Waals surface area contributed by atoms with Crippen LogP contribution in [0.15, 0.2) is 48.5 Å². The molecule has 0 aromatic heterocycles. The summed E-state index contributed by atoms with van der Waals surface area (Å²) in [6.07, 6.45) is 2.64. The molecule has 1 aliphatic rings. The van der Waals surface area contributed by atoms with Crippen LogP contribution in [0.1, 0.15) is 26.2 Å². The van der Waals surface area contributed by atoms with Crippen LogP contribution in [0.4, 0.5) is 5.69 Å². The maximum absolute atomic E-state index is 12.4. The van der Waals surface area contributed by atoms with E-state index in [1.165, 1.54) is 0 Å². The van der Waals surface area contributed by atoms with Crippen LogP contribution in [-0.2, 0) is 9.59 Å². The summed E-state index contributed by atoms with van der Waals surface area (Å²) in [4.78, 5) is 25.8. The minimum atomic E-state index is -0.367. The Labute approximate surface area is 170 Å². The van der Waals surface area contributed by atoms with Crippen molar-refractivity contribution >= 4 is 17.5 Å². The molecule has 2 aromatic rings. The lowest BCUT2D eigenvalue weighted by atomic mass is 10.0. The number of benzene rings is 2. The summed E-state index contributed by atoms with van der Waals surface area (Å²) in [5.41, 5.74) is 6.12. The van der Waals surface area contributed by atoms with Crippen molar-refractivity contribution in [2.75, 3.05) is 25.0 Å². The first-order chi connectivity index (χ1) is 14.0. The Kier molecular flexibility index (Phi) is 7.08. The van der Waals surface area contributed by atoms with Crippen molar-refractivity contribution in [3.8, 4) is 17.2 Å². The summed E-state index contributed by atoms with van der Waals surface area (Å²) in [7, 11) is 0. The van der Waals surface area contributed by atoms with Gasteiger partial charge in [0, 0.05) is 5.69 Å². The third-order valence-electron chi connectivity index (χ3n) is 4.80. The number of likely N-dealkylation sites (tertiary alicyclic amines) is 1. The molecule has 7 heteroatoms. The molecule has 7 nitrogen and oxygen atoms in total. The molecule has 3 rings (SSSR count). The molecule has 1 saturated heterocycles. The zero-order valence-electron chi connectivity index (χ0n) is 16.6. The molecule has 2 amide bonds. The average molecular weight is 397 g/mol. The van der Waals surface area contributed by atoms with Gasteiger partial charge in [-0.25, -0.2) is 0 Å². The van der Waals surface area contributed by atoms with Gasteiger partial charge < -0.3 is 20.5 Å². The van der Waals surface area contributed by atoms with Crippen molar-refractivity contribution < 1.29 is 19.1 Å². The number of ether oxygens (including phenoxy) is 2. The van der Waals surface area contributed by atoms with Gasteiger partial charge in [-0.1, -0.05) is 6.42 Å². The second-order valence-corrected chi connectivity index (χ2v) is 6.96. The van der Waals surface area contributed by atoms with Gasteiger partial charge in [-0.05, 0) is 74.8 Å². The number of nitrogens with one attached hydrogen (secondary N) is 1. The van der Waals surface area contributed by atoms with E-state index in [-0.39, 0.29) is 24.4 Å². The predicted molar refractivity (Wildman–Crippen MR) is 111 cm³/mol. The molecule has 0 spiro atoms. The molecule has 29 heavy (non-hydrogen) atoms. The Morgan fingerprint density at radius 1 is 1.03 bits per heavy atom. The molecule has 0 unspecified atom stereocenters. The zero-order valence-corrected chi connectivity index (χ0v) is 16.6. The first-order valence-electron chi connectivity index (χ1n) is 9.89. The van der Waals surface area contributed by atoms with E-state index in [1.54, 1.807) is 24.3 Å². The number of carbonyl (C=O) groups excluding carboxylic acids is 2. The summed E-state index contributed by atoms with van der Waals surface area (Å²) in [6.45, 7) is 3.41. The summed E-state index contributed by atoms with van der Waals surface area (Å²) in [5.74, 6) is 1.63. The predicted octanol–water partition coefficient (Wildman–Crippen LogP) is 3.16. The van der Waals surface area contributed by atoms with E-state index in [0.29, 0.717) is 36.8 Å². The van der Waals surface area contributed by atoms with Crippen LogP contribution >= 0.6 is 0 Å². The second-order valence-electron chi connectivity index (χ2n) is 6.96. The number of hydrogen-bond donors (Lipinski definition) is 2. The van der Waals surface area contributed by atoms with E-state index in [0.717, 1.165) is 18.6 Å². The molecular formula is C22H27N3O4. The number of nitrogens with zero attached hydrogens (tertiary/aromatic N) is 1. The van der Waals surface area contributed by atoms with Gasteiger partial charge in [-0.2, -0.15) is 0 Å². The van der Waals surface area contributed by atoms with Crippen LogP contribution in [0.5, 0.6) is 17.2 Å². The van der Waals surface area contributed by atoms with Crippen LogP contribution in [0.2, 0.25) is 0 Å². The maximum atomic E-state index is 12.4. The van der Waals surface area contributed by atoms with Gasteiger partial charge in [0.2, 0.25) is 11.8 Å². The fraction of sp³-hybridized carbons (Fsp3) is 0.364. The quantitative estimate of drug-likeness (QED) is 0.714. The lowest BCUT2D eigenvalue weighted by Crippen LogP contribution is -2.50. The highest BCUT2D eigenvalue weighted by Crippen LogP contribution is 2.25. The first-order valence-corrected chi connectivity index (χ1v) is 9.89. The van der Waals surface area contributed by atoms with Crippen molar-refractivity contribution in [2.45, 2.75) is 32.2 Å². The third kappa shape index (κ3) is 5.96. The van der Waals surface area contributed by atoms with Crippen LogP contribution in [0.25, 0.3) is 0 Å². The van der Waals surface area contributed by atoms with E-state index in [1.807, 2.05) is 36.1 Å². The molecule has 0 bridgehead atoms. The smallest absolute Gasteiger partial charge is 0.238 e. The molecule has 0 saturated carbocycles. The summed E-state index contributed by atoms with van der Waals surface area (Å²) in [6, 6.07) is 14.2. The number of nitrogens with two attached hydrogens (primary N) is 1. The SMILES string of the molecule is CCOc1ccc(Oc2ccc(NC(=O)CN3CCCC[C@@H]3C(N)=O)cc2)cc1. The minimum Gasteiger partial charge on any atom is -0.494 e. The highest BCUT2D eigenvalue weighted by atomic mass is 16.5. The highest BCUT2D eigenvalue weighted by Gasteiger charge is 2.28. The van der Waals surface area contributed by atoms with E-state index < -0.39 is 0 Å². The van der Waals surface area contributed by atoms with Gasteiger partial charge in [0.25, 0.3) is 0 Å². The highest BCUT2D eigenvalue weighted by molar-refractivity contribution is 5.92. The molecule has 1 heterocycles. The molecule has 0 aliphatic carbocycles. The molecule has 0 radical (unpaired) electrons. The molecule has 154 valence electrons. The van der Waals surface area contributed by atoms with Crippen molar-refractivity contribution in [1.29, 1.82) is 0 Å². The van der Waals surface area contributed by atoms with E-state index in [2.05, 4.69) is 5.32 Å². The number of carbonyl (C=O) groups is 2. The Balaban J connectivity index is 1.53. The largest absolute Gasteiger partial charge is 0.494 e. The Hall–Kier alpha value is -3.06. The van der Waals surface area contributed by atoms with Crippen molar-refractivity contribution in [3.05, 3.63) is 48.5 Å². The molecule has 1 aliphatic heterocycles. The zero-order chi connectivity index (χ0) is 20.6. The van der Waals surface area contributed by atoms with Gasteiger partial charge in [-0.15, -0.1) is 0 Å². The minimum absolute atomic E-state index is 0.151. The van der Waals surface area contributed by atoms with E-state index in [4.69, 9.17) is 15.2 Å². The van der Waals surface area contributed by atoms with Crippen LogP contribution in [0.3, 0.4) is 0 Å². The Morgan fingerprint density at radius 2 is 1.66 bits per heavy atom. The molecule has 1 atom stereocenters. The van der Waals surface area contributed by atoms with Gasteiger partial charge in [0.15, 0.2) is 0 Å². The fourth-order valence-electron chi connectivity index (χ4n) is 3.40. The third-order valence-corrected chi connectivity index (χ3v) is 4.80. The standard InChI is InChI=1S/C22H27N3O4/c1-2-28-17-10-12-19(13-11-17)29-18-8-6-16(7-9-18)24-21(26)15-25-14-4-3-5-20(25)22(23)27/h6-13,20H,2-5,14-15H2,1H3,(H2,23,27)(H,24,26)/t20-/m1/s1. The van der Waals surface area contributed by atoms with Crippen LogP contribution < -0.4 is 20.5 Å².